The van der Waals surface area contributed by atoms with Crippen LogP contribution in [0.4, 0.5) is 0 Å². The Labute approximate surface area is 71.2 Å². The van der Waals surface area contributed by atoms with Crippen LogP contribution in [0.2, 0.25) is 0 Å². The molecule has 2 heterocycles. The van der Waals surface area contributed by atoms with E-state index in [1.54, 1.807) is 0 Å². The van der Waals surface area contributed by atoms with E-state index in [9.17, 15) is 5.11 Å². The Balaban J connectivity index is 2.22. The average molecular weight is 167 g/mol. The van der Waals surface area contributed by atoms with E-state index in [1.807, 2.05) is 23.9 Å². The topological polar surface area (TPSA) is 50.1 Å². The van der Waals surface area contributed by atoms with E-state index >= 15 is 0 Å². The predicted octanol–water partition coefficient (Wildman–Crippen LogP) is -0.306. The molecule has 1 fully saturated rings. The lowest BCUT2D eigenvalue weighted by atomic mass is 9.93. The highest BCUT2D eigenvalue weighted by atomic mass is 16.3. The van der Waals surface area contributed by atoms with E-state index in [0.717, 1.165) is 12.2 Å². The van der Waals surface area contributed by atoms with Crippen LogP contribution in [0, 0.1) is 0 Å². The molecule has 0 amide bonds. The van der Waals surface area contributed by atoms with Gasteiger partial charge in [-0.25, -0.2) is 0 Å². The lowest BCUT2D eigenvalue weighted by Gasteiger charge is -2.35. The molecule has 0 saturated carbocycles. The first-order valence-electron chi connectivity index (χ1n) is 4.21. The molecule has 0 aliphatic carbocycles. The Morgan fingerprint density at radius 2 is 2.50 bits per heavy atom. The quantitative estimate of drug-likeness (QED) is 0.635. The van der Waals surface area contributed by atoms with Crippen LogP contribution in [0.15, 0.2) is 12.3 Å². The van der Waals surface area contributed by atoms with Crippen LogP contribution in [-0.4, -0.2) is 28.0 Å². The number of nitrogens with one attached hydrogen (secondary N) is 1. The molecule has 1 aliphatic rings. The lowest BCUT2D eigenvalue weighted by Crippen LogP contribution is -2.57. The summed E-state index contributed by atoms with van der Waals surface area (Å²) in [5, 5.41) is 17.1. The predicted molar refractivity (Wildman–Crippen MR) is 44.7 cm³/mol. The van der Waals surface area contributed by atoms with Gasteiger partial charge in [0.2, 0.25) is 0 Å². The Kier molecular flexibility index (Phi) is 1.66. The molecule has 0 aromatic carbocycles. The first kappa shape index (κ1) is 7.76. The molecule has 66 valence electrons. The molecule has 4 heteroatoms. The van der Waals surface area contributed by atoms with Gasteiger partial charge < -0.3 is 10.4 Å². The summed E-state index contributed by atoms with van der Waals surface area (Å²) >= 11 is 0. The van der Waals surface area contributed by atoms with Crippen molar-refractivity contribution >= 4 is 0 Å². The van der Waals surface area contributed by atoms with Crippen LogP contribution >= 0.6 is 0 Å². The van der Waals surface area contributed by atoms with Gasteiger partial charge in [0.25, 0.3) is 0 Å². The molecule has 0 bridgehead atoms. The van der Waals surface area contributed by atoms with Gasteiger partial charge in [0.1, 0.15) is 5.60 Å². The number of β-amino-alcohol motifs (C(OH)–C–C–N with tert-alkyl or cyclic N) is 1. The zero-order chi connectivity index (χ0) is 8.60. The fourth-order valence-electron chi connectivity index (χ4n) is 1.33. The van der Waals surface area contributed by atoms with Crippen molar-refractivity contribution < 1.29 is 5.11 Å². The largest absolute Gasteiger partial charge is 0.381 e. The number of aliphatic hydroxyl groups is 1. The highest BCUT2D eigenvalue weighted by Gasteiger charge is 2.38. The number of hydrogen-bond donors (Lipinski definition) is 2. The zero-order valence-electron chi connectivity index (χ0n) is 7.12. The fraction of sp³-hybridized carbons (Fsp3) is 0.625. The maximum Gasteiger partial charge on any atom is 0.133 e. The third kappa shape index (κ3) is 1.04. The summed E-state index contributed by atoms with van der Waals surface area (Å²) in [4.78, 5) is 0. The summed E-state index contributed by atoms with van der Waals surface area (Å²) in [5.74, 6) is 0. The van der Waals surface area contributed by atoms with E-state index in [-0.39, 0.29) is 0 Å². The molecule has 1 saturated heterocycles. The van der Waals surface area contributed by atoms with Crippen LogP contribution < -0.4 is 5.32 Å². The molecule has 1 aromatic rings. The van der Waals surface area contributed by atoms with Crippen LogP contribution in [0.5, 0.6) is 0 Å². The number of nitrogens with zero attached hydrogens (tertiary/aromatic N) is 2. The molecule has 0 unspecified atom stereocenters. The van der Waals surface area contributed by atoms with Crippen molar-refractivity contribution in [3.63, 3.8) is 0 Å². The Bertz CT molecular complexity index is 278. The molecule has 2 N–H and O–H groups in total. The highest BCUT2D eigenvalue weighted by Crippen LogP contribution is 2.22. The number of aryl methyl sites for hydroxylation is 1. The highest BCUT2D eigenvalue weighted by molar-refractivity contribution is 5.16. The van der Waals surface area contributed by atoms with E-state index in [2.05, 4.69) is 10.4 Å². The van der Waals surface area contributed by atoms with Crippen molar-refractivity contribution in [1.82, 2.24) is 15.1 Å². The first-order chi connectivity index (χ1) is 5.74. The Morgan fingerprint density at radius 3 is 2.92 bits per heavy atom. The molecular weight excluding hydrogens is 154 g/mol. The molecule has 12 heavy (non-hydrogen) atoms. The third-order valence-electron chi connectivity index (χ3n) is 2.28. The number of hydrogen-bond acceptors (Lipinski definition) is 3. The lowest BCUT2D eigenvalue weighted by molar-refractivity contribution is -0.0190. The van der Waals surface area contributed by atoms with Gasteiger partial charge >= 0.3 is 0 Å². The maximum absolute atomic E-state index is 9.85. The zero-order valence-corrected chi connectivity index (χ0v) is 7.12. The minimum absolute atomic E-state index is 0.619. The smallest absolute Gasteiger partial charge is 0.133 e. The van der Waals surface area contributed by atoms with Crippen LogP contribution in [0.3, 0.4) is 0 Å². The minimum Gasteiger partial charge on any atom is -0.381 e. The van der Waals surface area contributed by atoms with Crippen molar-refractivity contribution in [3.05, 3.63) is 18.0 Å². The summed E-state index contributed by atoms with van der Waals surface area (Å²) in [6.07, 6.45) is 1.89. The second kappa shape index (κ2) is 2.57. The van der Waals surface area contributed by atoms with Gasteiger partial charge in [-0.2, -0.15) is 5.10 Å². The first-order valence-corrected chi connectivity index (χ1v) is 4.21. The SMILES string of the molecule is CCn1ccc(C2(O)CNC2)n1. The van der Waals surface area contributed by atoms with Gasteiger partial charge in [0, 0.05) is 25.8 Å². The minimum atomic E-state index is -0.708. The molecule has 0 atom stereocenters. The summed E-state index contributed by atoms with van der Waals surface area (Å²) in [6, 6.07) is 1.88. The van der Waals surface area contributed by atoms with Gasteiger partial charge in [-0.1, -0.05) is 0 Å². The van der Waals surface area contributed by atoms with Gasteiger partial charge in [-0.15, -0.1) is 0 Å². The third-order valence-corrected chi connectivity index (χ3v) is 2.28. The van der Waals surface area contributed by atoms with Gasteiger partial charge in [-0.05, 0) is 13.0 Å². The van der Waals surface area contributed by atoms with Crippen LogP contribution in [-0.2, 0) is 12.1 Å². The second-order valence-corrected chi connectivity index (χ2v) is 3.19. The van der Waals surface area contributed by atoms with Crippen molar-refractivity contribution in [2.24, 2.45) is 0 Å². The number of aromatic nitrogens is 2. The van der Waals surface area contributed by atoms with Crippen molar-refractivity contribution in [3.8, 4) is 0 Å². The van der Waals surface area contributed by atoms with Crippen molar-refractivity contribution in [2.75, 3.05) is 13.1 Å². The van der Waals surface area contributed by atoms with Gasteiger partial charge in [0.05, 0.1) is 5.69 Å². The average Bonchev–Trinajstić information content (AvgIpc) is 2.48. The molecule has 2 rings (SSSR count). The molecule has 1 aliphatic heterocycles. The summed E-state index contributed by atoms with van der Waals surface area (Å²) in [6.45, 7) is 4.12. The van der Waals surface area contributed by atoms with E-state index in [1.165, 1.54) is 0 Å². The summed E-state index contributed by atoms with van der Waals surface area (Å²) < 4.78 is 1.83. The molecule has 1 aromatic heterocycles. The van der Waals surface area contributed by atoms with Crippen LogP contribution in [0.25, 0.3) is 0 Å². The normalized spacial score (nSPS) is 20.5. The van der Waals surface area contributed by atoms with Gasteiger partial charge in [-0.3, -0.25) is 4.68 Å². The molecular formula is C8H13N3O. The standard InChI is InChI=1S/C8H13N3O/c1-2-11-4-3-7(10-11)8(12)5-9-6-8/h3-4,9,12H,2,5-6H2,1H3. The Morgan fingerprint density at radius 1 is 1.75 bits per heavy atom. The number of rotatable bonds is 2. The second-order valence-electron chi connectivity index (χ2n) is 3.19. The van der Waals surface area contributed by atoms with E-state index in [0.29, 0.717) is 13.1 Å². The van der Waals surface area contributed by atoms with Crippen LogP contribution in [0.1, 0.15) is 12.6 Å². The fourth-order valence-corrected chi connectivity index (χ4v) is 1.33. The molecule has 0 radical (unpaired) electrons. The van der Waals surface area contributed by atoms with Gasteiger partial charge in [0.15, 0.2) is 0 Å². The monoisotopic (exact) mass is 167 g/mol. The van der Waals surface area contributed by atoms with E-state index < -0.39 is 5.60 Å². The molecule has 0 spiro atoms. The summed E-state index contributed by atoms with van der Waals surface area (Å²) in [5.41, 5.74) is 0.0727. The van der Waals surface area contributed by atoms with Crippen molar-refractivity contribution in [1.29, 1.82) is 0 Å². The Hall–Kier alpha value is -0.870. The molecule has 4 nitrogen and oxygen atoms in total. The van der Waals surface area contributed by atoms with Crippen molar-refractivity contribution in [2.45, 2.75) is 19.1 Å². The van der Waals surface area contributed by atoms with E-state index in [4.69, 9.17) is 0 Å². The summed E-state index contributed by atoms with van der Waals surface area (Å²) in [7, 11) is 0. The maximum atomic E-state index is 9.85.